The van der Waals surface area contributed by atoms with Gasteiger partial charge in [-0.1, -0.05) is 158 Å². The molecule has 0 N–H and O–H groups in total. The second-order valence-electron chi connectivity index (χ2n) is 15.3. The lowest BCUT2D eigenvalue weighted by atomic mass is 9.81. The van der Waals surface area contributed by atoms with Crippen molar-refractivity contribution in [3.05, 3.63) is 258 Å². The second kappa shape index (κ2) is 15.2. The maximum absolute atomic E-state index is 2.46. The lowest BCUT2D eigenvalue weighted by Gasteiger charge is -2.25. The van der Waals surface area contributed by atoms with E-state index in [1.807, 2.05) is 22.7 Å². The smallest absolute Gasteiger partial charge is 0.0468 e. The van der Waals surface area contributed by atoms with Gasteiger partial charge >= 0.3 is 0 Å². The van der Waals surface area contributed by atoms with Crippen molar-refractivity contribution in [1.29, 1.82) is 0 Å². The van der Waals surface area contributed by atoms with Crippen LogP contribution in [0.3, 0.4) is 0 Å². The minimum Gasteiger partial charge on any atom is -0.310 e. The summed E-state index contributed by atoms with van der Waals surface area (Å²) >= 11 is 3.76. The van der Waals surface area contributed by atoms with Crippen LogP contribution in [-0.4, -0.2) is 0 Å². The van der Waals surface area contributed by atoms with Gasteiger partial charge in [0.15, 0.2) is 0 Å². The minimum absolute atomic E-state index is 0.0517. The van der Waals surface area contributed by atoms with Crippen LogP contribution >= 0.6 is 22.7 Å². The lowest BCUT2D eigenvalue weighted by molar-refractivity contribution is 0.954. The first-order valence-corrected chi connectivity index (χ1v) is 21.9. The minimum atomic E-state index is 0.0517. The third-order valence-corrected chi connectivity index (χ3v) is 14.0. The molecule has 11 aromatic rings. The van der Waals surface area contributed by atoms with E-state index in [9.17, 15) is 0 Å². The van der Waals surface area contributed by atoms with E-state index in [0.717, 1.165) is 17.1 Å². The number of anilines is 3. The van der Waals surface area contributed by atoms with Crippen LogP contribution < -0.4 is 4.90 Å². The molecule has 0 bridgehead atoms. The molecule has 11 rings (SSSR count). The summed E-state index contributed by atoms with van der Waals surface area (Å²) in [4.78, 5) is 2.35. The van der Waals surface area contributed by atoms with Crippen molar-refractivity contribution in [3.63, 3.8) is 0 Å². The molecule has 2 aromatic heterocycles. The van der Waals surface area contributed by atoms with E-state index in [0.29, 0.717) is 0 Å². The average Bonchev–Trinajstić information content (AvgIpc) is 3.86. The summed E-state index contributed by atoms with van der Waals surface area (Å²) in [5.74, 6) is 0.203. The molecule has 0 radical (unpaired) electrons. The molecule has 3 heteroatoms. The molecule has 1 atom stereocenters. The van der Waals surface area contributed by atoms with Crippen molar-refractivity contribution in [3.8, 4) is 0 Å². The molecule has 0 saturated carbocycles. The summed E-state index contributed by atoms with van der Waals surface area (Å²) in [5, 5.41) is 5.23. The largest absolute Gasteiger partial charge is 0.310 e. The van der Waals surface area contributed by atoms with Crippen molar-refractivity contribution in [2.45, 2.75) is 11.8 Å². The number of hydrogen-bond acceptors (Lipinski definition) is 3. The molecular formula is C56H39NS2. The second-order valence-corrected chi connectivity index (χ2v) is 17.4. The van der Waals surface area contributed by atoms with Crippen LogP contribution in [0.4, 0.5) is 17.1 Å². The van der Waals surface area contributed by atoms with E-state index in [1.165, 1.54) is 73.7 Å². The Bertz CT molecular complexity index is 3130. The van der Waals surface area contributed by atoms with Gasteiger partial charge < -0.3 is 4.90 Å². The highest BCUT2D eigenvalue weighted by molar-refractivity contribution is 7.26. The standard InChI is InChI=1S/C56H39NS2/c1-5-15-38(16-6-1)55(39-17-7-2-8-18-39)40-25-27-41(28-26-40)56(42-30-33-52-49(35-42)47-23-13-14-24-51(47)58-52)43-29-32-48-50-37-46(31-34-53(50)59-54(48)36-43)57(44-19-9-3-10-20-44)45-21-11-4-12-22-45/h1-37,55-56H. The van der Waals surface area contributed by atoms with E-state index in [1.54, 1.807) is 0 Å². The Labute approximate surface area is 352 Å². The molecule has 0 amide bonds. The summed E-state index contributed by atoms with van der Waals surface area (Å²) in [6.07, 6.45) is 0. The topological polar surface area (TPSA) is 3.24 Å². The normalized spacial score (nSPS) is 12.2. The summed E-state index contributed by atoms with van der Waals surface area (Å²) < 4.78 is 5.26. The van der Waals surface area contributed by atoms with Crippen LogP contribution in [0.15, 0.2) is 224 Å². The molecule has 2 heterocycles. The lowest BCUT2D eigenvalue weighted by Crippen LogP contribution is -2.09. The van der Waals surface area contributed by atoms with Gasteiger partial charge in [-0.15, -0.1) is 22.7 Å². The summed E-state index contributed by atoms with van der Waals surface area (Å²) in [5.41, 5.74) is 11.2. The highest BCUT2D eigenvalue weighted by Gasteiger charge is 2.23. The Balaban J connectivity index is 1.04. The van der Waals surface area contributed by atoms with Crippen LogP contribution in [0.2, 0.25) is 0 Å². The average molecular weight is 790 g/mol. The van der Waals surface area contributed by atoms with E-state index in [4.69, 9.17) is 0 Å². The zero-order valence-corrected chi connectivity index (χ0v) is 33.9. The van der Waals surface area contributed by atoms with E-state index >= 15 is 0 Å². The molecule has 1 nitrogen and oxygen atoms in total. The van der Waals surface area contributed by atoms with Crippen molar-refractivity contribution in [2.75, 3.05) is 4.90 Å². The van der Waals surface area contributed by atoms with Crippen molar-refractivity contribution in [2.24, 2.45) is 0 Å². The molecule has 1 unspecified atom stereocenters. The quantitative estimate of drug-likeness (QED) is 0.132. The van der Waals surface area contributed by atoms with Gasteiger partial charge in [0.2, 0.25) is 0 Å². The molecule has 59 heavy (non-hydrogen) atoms. The highest BCUT2D eigenvalue weighted by atomic mass is 32.1. The fourth-order valence-corrected chi connectivity index (χ4v) is 11.2. The molecular weight excluding hydrogens is 751 g/mol. The fraction of sp³-hybridized carbons (Fsp3) is 0.0357. The number of nitrogens with zero attached hydrogens (tertiary/aromatic N) is 1. The first-order chi connectivity index (χ1) is 29.2. The molecule has 0 saturated heterocycles. The van der Waals surface area contributed by atoms with Gasteiger partial charge in [-0.25, -0.2) is 0 Å². The van der Waals surface area contributed by atoms with Crippen molar-refractivity contribution < 1.29 is 0 Å². The van der Waals surface area contributed by atoms with E-state index < -0.39 is 0 Å². The molecule has 0 aliphatic carbocycles. The fourth-order valence-electron chi connectivity index (χ4n) is 8.95. The Kier molecular flexibility index (Phi) is 9.11. The van der Waals surface area contributed by atoms with Crippen LogP contribution in [0, 0.1) is 0 Å². The molecule has 0 fully saturated rings. The van der Waals surface area contributed by atoms with Gasteiger partial charge in [-0.2, -0.15) is 0 Å². The van der Waals surface area contributed by atoms with Gasteiger partial charge in [0.1, 0.15) is 0 Å². The summed E-state index contributed by atoms with van der Waals surface area (Å²) in [6, 6.07) is 82.7. The monoisotopic (exact) mass is 789 g/mol. The van der Waals surface area contributed by atoms with Crippen molar-refractivity contribution in [1.82, 2.24) is 0 Å². The van der Waals surface area contributed by atoms with E-state index in [-0.39, 0.29) is 11.8 Å². The maximum Gasteiger partial charge on any atom is 0.0468 e. The van der Waals surface area contributed by atoms with Crippen LogP contribution in [0.25, 0.3) is 40.3 Å². The molecule has 0 aliphatic rings. The zero-order chi connectivity index (χ0) is 39.1. The van der Waals surface area contributed by atoms with Crippen LogP contribution in [0.5, 0.6) is 0 Å². The number of thiophene rings is 2. The maximum atomic E-state index is 2.46. The van der Waals surface area contributed by atoms with Crippen LogP contribution in [0.1, 0.15) is 45.2 Å². The Morgan fingerprint density at radius 2 is 0.661 bits per heavy atom. The van der Waals surface area contributed by atoms with Crippen LogP contribution in [-0.2, 0) is 0 Å². The first-order valence-electron chi connectivity index (χ1n) is 20.2. The van der Waals surface area contributed by atoms with Gasteiger partial charge in [0.25, 0.3) is 0 Å². The van der Waals surface area contributed by atoms with E-state index in [2.05, 4.69) is 229 Å². The number of rotatable bonds is 9. The molecule has 280 valence electrons. The van der Waals surface area contributed by atoms with Gasteiger partial charge in [-0.3, -0.25) is 0 Å². The van der Waals surface area contributed by atoms with Gasteiger partial charge in [-0.05, 0) is 100 Å². The highest BCUT2D eigenvalue weighted by Crippen LogP contribution is 2.44. The van der Waals surface area contributed by atoms with Crippen molar-refractivity contribution >= 4 is 80.1 Å². The Hall–Kier alpha value is -6.78. The number of hydrogen-bond donors (Lipinski definition) is 0. The zero-order valence-electron chi connectivity index (χ0n) is 32.3. The third-order valence-electron chi connectivity index (χ3n) is 11.7. The summed E-state index contributed by atoms with van der Waals surface area (Å²) in [7, 11) is 0. The Morgan fingerprint density at radius 1 is 0.254 bits per heavy atom. The molecule has 0 spiro atoms. The van der Waals surface area contributed by atoms with Gasteiger partial charge in [0.05, 0.1) is 0 Å². The summed E-state index contributed by atoms with van der Waals surface area (Å²) in [6.45, 7) is 0. The third kappa shape index (κ3) is 6.59. The van der Waals surface area contributed by atoms with Gasteiger partial charge in [0, 0.05) is 69.2 Å². The number of benzene rings is 9. The predicted molar refractivity (Wildman–Crippen MR) is 255 cm³/mol. The SMILES string of the molecule is c1ccc(C(c2ccccc2)c2ccc(C(c3ccc4c(c3)sc3ccc(N(c5ccccc5)c5ccccc5)cc34)c3ccc4sc5ccccc5c4c3)cc2)cc1. The number of para-hydroxylation sites is 2. The molecule has 0 aliphatic heterocycles. The predicted octanol–water partition coefficient (Wildman–Crippen LogP) is 16.3. The first kappa shape index (κ1) is 35.4. The molecule has 9 aromatic carbocycles. The Morgan fingerprint density at radius 3 is 1.29 bits per heavy atom. The number of fused-ring (bicyclic) bond motifs is 6.